The summed E-state index contributed by atoms with van der Waals surface area (Å²) in [6.07, 6.45) is 1.56. The van der Waals surface area contributed by atoms with Crippen molar-refractivity contribution < 1.29 is 23.6 Å². The number of furan rings is 1. The van der Waals surface area contributed by atoms with E-state index in [-0.39, 0.29) is 29.5 Å². The summed E-state index contributed by atoms with van der Waals surface area (Å²) in [6.45, 7) is 7.48. The molecular formula is C30H27N3O7S. The number of rotatable bonds is 8. The van der Waals surface area contributed by atoms with Gasteiger partial charge in [0.05, 0.1) is 45.0 Å². The Morgan fingerprint density at radius 2 is 1.90 bits per heavy atom. The number of aromatic nitrogens is 1. The third-order valence-corrected chi connectivity index (χ3v) is 7.33. The van der Waals surface area contributed by atoms with Gasteiger partial charge < -0.3 is 13.9 Å². The smallest absolute Gasteiger partial charge is 0.338 e. The molecule has 3 heterocycles. The van der Waals surface area contributed by atoms with Crippen LogP contribution in [0.5, 0.6) is 5.75 Å². The summed E-state index contributed by atoms with van der Waals surface area (Å²) < 4.78 is 18.8. The van der Waals surface area contributed by atoms with Crippen LogP contribution in [0.2, 0.25) is 0 Å². The second-order valence-corrected chi connectivity index (χ2v) is 10.5. The molecule has 41 heavy (non-hydrogen) atoms. The van der Waals surface area contributed by atoms with E-state index in [1.54, 1.807) is 62.4 Å². The number of fused-ring (bicyclic) bond motifs is 1. The van der Waals surface area contributed by atoms with Gasteiger partial charge in [0.25, 0.3) is 11.2 Å². The molecule has 1 atom stereocenters. The average molecular weight is 574 g/mol. The van der Waals surface area contributed by atoms with Crippen molar-refractivity contribution in [2.45, 2.75) is 39.8 Å². The Hall–Kier alpha value is -4.77. The Morgan fingerprint density at radius 1 is 1.17 bits per heavy atom. The minimum absolute atomic E-state index is 0.00843. The average Bonchev–Trinajstić information content (AvgIpc) is 3.52. The lowest BCUT2D eigenvalue weighted by Crippen LogP contribution is -2.39. The number of para-hydroxylation sites is 1. The Bertz CT molecular complexity index is 1850. The number of carbonyl (C=O) groups is 1. The molecule has 0 amide bonds. The lowest BCUT2D eigenvalue weighted by Gasteiger charge is -2.25. The largest absolute Gasteiger partial charge is 0.491 e. The molecule has 1 aliphatic heterocycles. The van der Waals surface area contributed by atoms with E-state index in [0.717, 1.165) is 11.3 Å². The Labute approximate surface area is 238 Å². The molecule has 0 aliphatic carbocycles. The van der Waals surface area contributed by atoms with Crippen molar-refractivity contribution in [2.75, 3.05) is 6.61 Å². The second-order valence-electron chi connectivity index (χ2n) is 9.51. The standard InChI is InChI=1S/C30H27N3O7S/c1-5-38-29(35)26-18(4)31-30-32(27(26)19-10-12-20(13-11-19)39-17(2)3)28(34)25(41-30)16-21-14-15-24(40-21)22-8-6-7-9-23(22)33(36)37/h6-17,27H,5H2,1-4H3/b25-16-/t27-/m1/s1. The number of carbonyl (C=O) groups excluding carboxylic acids is 1. The number of esters is 1. The fraction of sp³-hybridized carbons (Fsp3) is 0.233. The predicted octanol–water partition coefficient (Wildman–Crippen LogP) is 4.75. The molecule has 11 heteroatoms. The van der Waals surface area contributed by atoms with Crippen molar-refractivity contribution in [3.05, 3.63) is 113 Å². The molecule has 0 spiro atoms. The molecule has 0 saturated carbocycles. The van der Waals surface area contributed by atoms with Crippen molar-refractivity contribution in [3.8, 4) is 17.1 Å². The van der Waals surface area contributed by atoms with Crippen LogP contribution in [0.25, 0.3) is 17.4 Å². The van der Waals surface area contributed by atoms with Gasteiger partial charge in [0.2, 0.25) is 0 Å². The number of allylic oxidation sites excluding steroid dienone is 1. The summed E-state index contributed by atoms with van der Waals surface area (Å²) >= 11 is 1.16. The summed E-state index contributed by atoms with van der Waals surface area (Å²) in [5.41, 5.74) is 1.32. The zero-order valence-corrected chi connectivity index (χ0v) is 23.6. The minimum atomic E-state index is -0.764. The number of nitro benzene ring substituents is 1. The van der Waals surface area contributed by atoms with Gasteiger partial charge in [-0.1, -0.05) is 35.6 Å². The first kappa shape index (κ1) is 27.8. The maximum atomic E-state index is 13.8. The molecule has 0 bridgehead atoms. The highest BCUT2D eigenvalue weighted by Crippen LogP contribution is 2.33. The summed E-state index contributed by atoms with van der Waals surface area (Å²) in [6, 6.07) is 16.0. The molecule has 0 fully saturated rings. The van der Waals surface area contributed by atoms with E-state index in [1.165, 1.54) is 10.6 Å². The summed E-state index contributed by atoms with van der Waals surface area (Å²) in [4.78, 5) is 42.9. The van der Waals surface area contributed by atoms with E-state index < -0.39 is 16.9 Å². The lowest BCUT2D eigenvalue weighted by atomic mass is 9.96. The third-order valence-electron chi connectivity index (χ3n) is 6.35. The minimum Gasteiger partial charge on any atom is -0.491 e. The molecule has 0 radical (unpaired) electrons. The van der Waals surface area contributed by atoms with Gasteiger partial charge in [-0.2, -0.15) is 0 Å². The zero-order valence-electron chi connectivity index (χ0n) is 22.8. The monoisotopic (exact) mass is 573 g/mol. The molecule has 0 N–H and O–H groups in total. The van der Waals surface area contributed by atoms with Gasteiger partial charge in [-0.15, -0.1) is 0 Å². The van der Waals surface area contributed by atoms with Gasteiger partial charge in [0.1, 0.15) is 17.3 Å². The summed E-state index contributed by atoms with van der Waals surface area (Å²) in [5.74, 6) is 0.771. The number of thiazole rings is 1. The highest BCUT2D eigenvalue weighted by molar-refractivity contribution is 7.07. The molecule has 0 unspecified atom stereocenters. The quantitative estimate of drug-likeness (QED) is 0.169. The Balaban J connectivity index is 1.61. The van der Waals surface area contributed by atoms with E-state index in [2.05, 4.69) is 4.99 Å². The molecule has 0 saturated heterocycles. The maximum Gasteiger partial charge on any atom is 0.338 e. The predicted molar refractivity (Wildman–Crippen MR) is 153 cm³/mol. The van der Waals surface area contributed by atoms with Crippen LogP contribution in [0.1, 0.15) is 45.1 Å². The van der Waals surface area contributed by atoms with E-state index >= 15 is 0 Å². The summed E-state index contributed by atoms with van der Waals surface area (Å²) in [7, 11) is 0. The van der Waals surface area contributed by atoms with Gasteiger partial charge in [-0.3, -0.25) is 19.5 Å². The molecule has 4 aromatic rings. The first-order valence-electron chi connectivity index (χ1n) is 13.0. The van der Waals surface area contributed by atoms with Crippen molar-refractivity contribution in [1.29, 1.82) is 0 Å². The van der Waals surface area contributed by atoms with Crippen LogP contribution >= 0.6 is 11.3 Å². The van der Waals surface area contributed by atoms with Crippen LogP contribution in [0, 0.1) is 10.1 Å². The van der Waals surface area contributed by atoms with Crippen molar-refractivity contribution in [1.82, 2.24) is 4.57 Å². The number of benzene rings is 2. The number of hydrogen-bond donors (Lipinski definition) is 0. The van der Waals surface area contributed by atoms with Crippen LogP contribution in [-0.2, 0) is 9.53 Å². The van der Waals surface area contributed by atoms with Gasteiger partial charge in [-0.25, -0.2) is 9.79 Å². The zero-order chi connectivity index (χ0) is 29.3. The number of hydrogen-bond acceptors (Lipinski definition) is 9. The maximum absolute atomic E-state index is 13.8. The van der Waals surface area contributed by atoms with Gasteiger partial charge >= 0.3 is 5.97 Å². The first-order valence-corrected chi connectivity index (χ1v) is 13.8. The normalized spacial score (nSPS) is 15.0. The van der Waals surface area contributed by atoms with Crippen LogP contribution in [-0.4, -0.2) is 28.2 Å². The topological polar surface area (TPSA) is 126 Å². The molecule has 2 aromatic carbocycles. The fourth-order valence-corrected chi connectivity index (χ4v) is 5.68. The molecular weight excluding hydrogens is 546 g/mol. The van der Waals surface area contributed by atoms with E-state index in [9.17, 15) is 19.7 Å². The second kappa shape index (κ2) is 11.4. The van der Waals surface area contributed by atoms with Crippen molar-refractivity contribution in [2.24, 2.45) is 4.99 Å². The highest BCUT2D eigenvalue weighted by atomic mass is 32.1. The number of nitrogens with zero attached hydrogens (tertiary/aromatic N) is 3. The summed E-state index contributed by atoms with van der Waals surface area (Å²) in [5, 5.41) is 11.5. The third kappa shape index (κ3) is 5.48. The number of nitro groups is 1. The van der Waals surface area contributed by atoms with Crippen LogP contribution in [0.15, 0.2) is 86.1 Å². The molecule has 210 valence electrons. The van der Waals surface area contributed by atoms with Crippen LogP contribution in [0.4, 0.5) is 5.69 Å². The van der Waals surface area contributed by atoms with E-state index in [1.807, 2.05) is 26.0 Å². The lowest BCUT2D eigenvalue weighted by molar-refractivity contribution is -0.384. The molecule has 10 nitrogen and oxygen atoms in total. The van der Waals surface area contributed by atoms with Crippen LogP contribution < -0.4 is 19.6 Å². The molecule has 1 aliphatic rings. The van der Waals surface area contributed by atoms with Gasteiger partial charge in [0, 0.05) is 12.1 Å². The fourth-order valence-electron chi connectivity index (χ4n) is 4.65. The Kier molecular flexibility index (Phi) is 7.71. The van der Waals surface area contributed by atoms with Crippen molar-refractivity contribution >= 4 is 29.1 Å². The molecule has 5 rings (SSSR count). The number of ether oxygens (including phenoxy) is 2. The SMILES string of the molecule is CCOC(=O)C1=C(C)N=c2s/c(=C\c3ccc(-c4ccccc4[N+](=O)[O-])o3)c(=O)n2[C@@H]1c1ccc(OC(C)C)cc1. The van der Waals surface area contributed by atoms with Crippen LogP contribution in [0.3, 0.4) is 0 Å². The van der Waals surface area contributed by atoms with Gasteiger partial charge in [-0.05, 0) is 63.6 Å². The van der Waals surface area contributed by atoms with E-state index in [4.69, 9.17) is 13.9 Å². The molecule has 2 aromatic heterocycles. The highest BCUT2D eigenvalue weighted by Gasteiger charge is 2.33. The van der Waals surface area contributed by atoms with Gasteiger partial charge in [0.15, 0.2) is 4.80 Å². The van der Waals surface area contributed by atoms with Crippen molar-refractivity contribution in [3.63, 3.8) is 0 Å². The van der Waals surface area contributed by atoms with E-state index in [0.29, 0.717) is 43.4 Å². The first-order chi connectivity index (χ1) is 19.7. The Morgan fingerprint density at radius 3 is 2.59 bits per heavy atom.